The van der Waals surface area contributed by atoms with Crippen LogP contribution in [0.25, 0.3) is 22.2 Å². The number of hydrogen-bond donors (Lipinski definition) is 3. The summed E-state index contributed by atoms with van der Waals surface area (Å²) in [5.74, 6) is -2.48. The highest BCUT2D eigenvalue weighted by Gasteiger charge is 2.32. The maximum absolute atomic E-state index is 14.3. The Balaban J connectivity index is 1.64. The van der Waals surface area contributed by atoms with E-state index in [1.165, 1.54) is 30.3 Å². The highest BCUT2D eigenvalue weighted by Crippen LogP contribution is 2.33. The molecular formula is C22H20F3N3O2. The summed E-state index contributed by atoms with van der Waals surface area (Å²) in [5.41, 5.74) is 1.75. The first kappa shape index (κ1) is 20.0. The molecule has 2 aromatic carbocycles. The second-order valence-corrected chi connectivity index (χ2v) is 7.56. The minimum Gasteiger partial charge on any atom is -0.354 e. The molecular weight excluding hydrogens is 395 g/mol. The number of amides is 2. The van der Waals surface area contributed by atoms with Crippen LogP contribution in [0, 0.1) is 23.4 Å². The van der Waals surface area contributed by atoms with Crippen molar-refractivity contribution < 1.29 is 22.8 Å². The van der Waals surface area contributed by atoms with Crippen molar-refractivity contribution in [2.24, 2.45) is 5.92 Å². The number of H-pyrrole nitrogens is 1. The maximum atomic E-state index is 14.3. The number of aromatic nitrogens is 1. The van der Waals surface area contributed by atoms with E-state index in [4.69, 9.17) is 0 Å². The molecule has 2 heterocycles. The zero-order chi connectivity index (χ0) is 21.4. The molecule has 1 aliphatic heterocycles. The predicted octanol–water partition coefficient (Wildman–Crippen LogP) is 3.44. The van der Waals surface area contributed by atoms with Crippen molar-refractivity contribution in [1.82, 2.24) is 15.6 Å². The molecule has 0 spiro atoms. The van der Waals surface area contributed by atoms with Gasteiger partial charge in [-0.1, -0.05) is 6.92 Å². The fraction of sp³-hybridized carbons (Fsp3) is 0.273. The van der Waals surface area contributed by atoms with Crippen molar-refractivity contribution in [3.05, 3.63) is 59.4 Å². The van der Waals surface area contributed by atoms with Crippen molar-refractivity contribution in [3.8, 4) is 11.3 Å². The summed E-state index contributed by atoms with van der Waals surface area (Å²) in [6.07, 6.45) is 0.208. The third kappa shape index (κ3) is 3.77. The molecule has 3 aromatic rings. The lowest BCUT2D eigenvalue weighted by atomic mass is 10.00. The quantitative estimate of drug-likeness (QED) is 0.597. The van der Waals surface area contributed by atoms with Crippen LogP contribution in [0.2, 0.25) is 0 Å². The summed E-state index contributed by atoms with van der Waals surface area (Å²) in [4.78, 5) is 27.2. The molecule has 0 bridgehead atoms. The van der Waals surface area contributed by atoms with Gasteiger partial charge in [0.2, 0.25) is 11.8 Å². The number of rotatable bonds is 5. The maximum Gasteiger partial charge on any atom is 0.242 e. The van der Waals surface area contributed by atoms with Gasteiger partial charge in [-0.25, -0.2) is 13.2 Å². The highest BCUT2D eigenvalue weighted by atomic mass is 19.1. The van der Waals surface area contributed by atoms with Crippen molar-refractivity contribution >= 4 is 22.7 Å². The Morgan fingerprint density at radius 1 is 1.13 bits per heavy atom. The van der Waals surface area contributed by atoms with Gasteiger partial charge in [-0.15, -0.1) is 0 Å². The van der Waals surface area contributed by atoms with Crippen LogP contribution in [0.5, 0.6) is 0 Å². The lowest BCUT2D eigenvalue weighted by Gasteiger charge is -2.14. The lowest BCUT2D eigenvalue weighted by Crippen LogP contribution is -2.42. The van der Waals surface area contributed by atoms with Crippen molar-refractivity contribution in [1.29, 1.82) is 0 Å². The Morgan fingerprint density at radius 2 is 1.87 bits per heavy atom. The fourth-order valence-electron chi connectivity index (χ4n) is 3.84. The van der Waals surface area contributed by atoms with Crippen molar-refractivity contribution in [2.75, 3.05) is 6.54 Å². The summed E-state index contributed by atoms with van der Waals surface area (Å²) >= 11 is 0. The normalized spacial score (nSPS) is 18.6. The van der Waals surface area contributed by atoms with E-state index >= 15 is 0 Å². The Labute approximate surface area is 170 Å². The zero-order valence-electron chi connectivity index (χ0n) is 16.2. The van der Waals surface area contributed by atoms with Crippen LogP contribution in [0.4, 0.5) is 13.2 Å². The summed E-state index contributed by atoms with van der Waals surface area (Å²) < 4.78 is 41.5. The molecule has 8 heteroatoms. The van der Waals surface area contributed by atoms with Gasteiger partial charge >= 0.3 is 0 Å². The van der Waals surface area contributed by atoms with Crippen LogP contribution < -0.4 is 10.6 Å². The first-order valence-corrected chi connectivity index (χ1v) is 9.66. The third-order valence-electron chi connectivity index (χ3n) is 5.43. The molecule has 1 fully saturated rings. The average Bonchev–Trinajstić information content (AvgIpc) is 3.22. The van der Waals surface area contributed by atoms with Crippen molar-refractivity contribution in [2.45, 2.75) is 25.8 Å². The topological polar surface area (TPSA) is 74.0 Å². The van der Waals surface area contributed by atoms with E-state index in [1.54, 1.807) is 0 Å². The largest absolute Gasteiger partial charge is 0.354 e. The van der Waals surface area contributed by atoms with Crippen molar-refractivity contribution in [3.63, 3.8) is 0 Å². The number of hydrogen-bond acceptors (Lipinski definition) is 2. The minimum absolute atomic E-state index is 0.0208. The SMILES string of the molecule is C[C@H]1CNC(=O)[C@H]1NC(=O)CCc1c(-c2ccc(F)cc2)[nH]c2c(F)cc(F)cc12. The average molecular weight is 415 g/mol. The molecule has 1 saturated heterocycles. The number of aromatic amines is 1. The van der Waals surface area contributed by atoms with Crippen LogP contribution in [0.3, 0.4) is 0 Å². The van der Waals surface area contributed by atoms with Gasteiger partial charge in [0.15, 0.2) is 0 Å². The Hall–Kier alpha value is -3.29. The van der Waals surface area contributed by atoms with Gasteiger partial charge < -0.3 is 15.6 Å². The number of halogens is 3. The molecule has 0 unspecified atom stereocenters. The van der Waals surface area contributed by atoms with Gasteiger partial charge in [-0.05, 0) is 47.9 Å². The molecule has 156 valence electrons. The van der Waals surface area contributed by atoms with Crippen LogP contribution in [-0.4, -0.2) is 29.4 Å². The molecule has 0 radical (unpaired) electrons. The number of carbonyl (C=O) groups is 2. The molecule has 2 atom stereocenters. The van der Waals surface area contributed by atoms with E-state index in [9.17, 15) is 22.8 Å². The molecule has 0 saturated carbocycles. The van der Waals surface area contributed by atoms with Gasteiger partial charge in [0.1, 0.15) is 23.5 Å². The number of aryl methyl sites for hydroxylation is 1. The lowest BCUT2D eigenvalue weighted by molar-refractivity contribution is -0.127. The molecule has 0 aliphatic carbocycles. The standard InChI is InChI=1S/C22H20F3N3O2/c1-11-10-26-22(30)19(11)27-18(29)7-6-15-16-8-14(24)9-17(25)21(16)28-20(15)12-2-4-13(23)5-3-12/h2-5,8-9,11,19,28H,6-7,10H2,1H3,(H,26,30)(H,27,29)/t11-,19-/m0/s1. The first-order chi connectivity index (χ1) is 14.3. The first-order valence-electron chi connectivity index (χ1n) is 9.66. The zero-order valence-corrected chi connectivity index (χ0v) is 16.2. The number of nitrogens with one attached hydrogen (secondary N) is 3. The monoisotopic (exact) mass is 415 g/mol. The molecule has 1 aromatic heterocycles. The molecule has 3 N–H and O–H groups in total. The predicted molar refractivity (Wildman–Crippen MR) is 106 cm³/mol. The smallest absolute Gasteiger partial charge is 0.242 e. The van der Waals surface area contributed by atoms with Crippen LogP contribution in [0.15, 0.2) is 36.4 Å². The molecule has 30 heavy (non-hydrogen) atoms. The van der Waals surface area contributed by atoms with Gasteiger partial charge in [-0.2, -0.15) is 0 Å². The van der Waals surface area contributed by atoms with E-state index in [1.807, 2.05) is 6.92 Å². The number of carbonyl (C=O) groups excluding carboxylic acids is 2. The number of fused-ring (bicyclic) bond motifs is 1. The molecule has 4 rings (SSSR count). The van der Waals surface area contributed by atoms with Gasteiger partial charge in [0.25, 0.3) is 0 Å². The van der Waals surface area contributed by atoms with Crippen LogP contribution in [0.1, 0.15) is 18.9 Å². The summed E-state index contributed by atoms with van der Waals surface area (Å²) in [5, 5.41) is 5.74. The molecule has 5 nitrogen and oxygen atoms in total. The highest BCUT2D eigenvalue weighted by molar-refractivity contribution is 5.93. The van der Waals surface area contributed by atoms with E-state index in [0.29, 0.717) is 28.8 Å². The Morgan fingerprint density at radius 3 is 2.53 bits per heavy atom. The Kier molecular flexibility index (Phi) is 5.24. The van der Waals surface area contributed by atoms with Gasteiger partial charge in [-0.3, -0.25) is 9.59 Å². The summed E-state index contributed by atoms with van der Waals surface area (Å²) in [6, 6.07) is 7.01. The van der Waals surface area contributed by atoms with E-state index in [2.05, 4.69) is 15.6 Å². The molecule has 1 aliphatic rings. The molecule has 2 amide bonds. The summed E-state index contributed by atoms with van der Waals surface area (Å²) in [7, 11) is 0. The van der Waals surface area contributed by atoms with E-state index < -0.39 is 23.5 Å². The van der Waals surface area contributed by atoms with E-state index in [-0.39, 0.29) is 36.1 Å². The summed E-state index contributed by atoms with van der Waals surface area (Å²) in [6.45, 7) is 2.36. The van der Waals surface area contributed by atoms with Crippen LogP contribution in [-0.2, 0) is 16.0 Å². The second-order valence-electron chi connectivity index (χ2n) is 7.56. The Bertz CT molecular complexity index is 1120. The van der Waals surface area contributed by atoms with Gasteiger partial charge in [0.05, 0.1) is 5.52 Å². The number of benzene rings is 2. The minimum atomic E-state index is -0.750. The van der Waals surface area contributed by atoms with Crippen LogP contribution >= 0.6 is 0 Å². The fourth-order valence-corrected chi connectivity index (χ4v) is 3.84. The van der Waals surface area contributed by atoms with E-state index in [0.717, 1.165) is 6.07 Å². The second kappa shape index (κ2) is 7.85. The third-order valence-corrected chi connectivity index (χ3v) is 5.43. The van der Waals surface area contributed by atoms with Gasteiger partial charge in [0, 0.05) is 36.0 Å².